The van der Waals surface area contributed by atoms with Gasteiger partial charge in [-0.15, -0.1) is 0 Å². The molecule has 9 heteroatoms. The van der Waals surface area contributed by atoms with Gasteiger partial charge < -0.3 is 9.84 Å². The van der Waals surface area contributed by atoms with Crippen LogP contribution in [0.3, 0.4) is 0 Å². The predicted octanol–water partition coefficient (Wildman–Crippen LogP) is 6.46. The van der Waals surface area contributed by atoms with Crippen molar-refractivity contribution >= 4 is 55.2 Å². The maximum atomic E-state index is 10.9. The molecule has 0 fully saturated rings. The molecule has 160 valence electrons. The highest BCUT2D eigenvalue weighted by Crippen LogP contribution is 2.36. The molecule has 0 radical (unpaired) electrons. The van der Waals surface area contributed by atoms with Gasteiger partial charge in [0.25, 0.3) is 5.69 Å². The first-order chi connectivity index (χ1) is 15.3. The van der Waals surface area contributed by atoms with Gasteiger partial charge in [0.05, 0.1) is 31.1 Å². The van der Waals surface area contributed by atoms with Gasteiger partial charge in [0, 0.05) is 12.1 Å². The standard InChI is InChI=1S/C23H14Br2N2O5/c24-20-10-15(9-18(12-26)16-5-7-19(8-6-16)27(30)31)11-21(25)22(20)32-13-14-1-3-17(4-2-14)23(28)29/h1-11H,13H2,(H,28,29)/b18-9+. The number of nitrogens with zero attached hydrogens (tertiary/aromatic N) is 2. The van der Waals surface area contributed by atoms with E-state index in [9.17, 15) is 20.2 Å². The van der Waals surface area contributed by atoms with Crippen LogP contribution >= 0.6 is 31.9 Å². The minimum absolute atomic E-state index is 0.0457. The number of carboxylic acids is 1. The first-order valence-corrected chi connectivity index (χ1v) is 10.7. The largest absolute Gasteiger partial charge is 0.487 e. The third-order valence-electron chi connectivity index (χ3n) is 4.43. The maximum absolute atomic E-state index is 10.9. The van der Waals surface area contributed by atoms with Gasteiger partial charge in [0.1, 0.15) is 12.4 Å². The van der Waals surface area contributed by atoms with E-state index in [2.05, 4.69) is 37.9 Å². The Labute approximate surface area is 200 Å². The van der Waals surface area contributed by atoms with E-state index in [0.717, 1.165) is 11.1 Å². The number of nitriles is 1. The molecule has 0 amide bonds. The molecule has 0 heterocycles. The number of aromatic carboxylic acids is 1. The lowest BCUT2D eigenvalue weighted by Crippen LogP contribution is -2.00. The monoisotopic (exact) mass is 556 g/mol. The van der Waals surface area contributed by atoms with Gasteiger partial charge >= 0.3 is 5.97 Å². The number of rotatable bonds is 7. The summed E-state index contributed by atoms with van der Waals surface area (Å²) >= 11 is 6.95. The number of benzene rings is 3. The van der Waals surface area contributed by atoms with Crippen LogP contribution in [0.1, 0.15) is 27.0 Å². The number of hydrogen-bond acceptors (Lipinski definition) is 5. The van der Waals surface area contributed by atoms with E-state index >= 15 is 0 Å². The minimum atomic E-state index is -0.989. The first kappa shape index (κ1) is 23.2. The van der Waals surface area contributed by atoms with Gasteiger partial charge in [-0.1, -0.05) is 12.1 Å². The van der Waals surface area contributed by atoms with Crippen LogP contribution in [0.4, 0.5) is 5.69 Å². The molecule has 1 N–H and O–H groups in total. The van der Waals surface area contributed by atoms with Gasteiger partial charge in [0.2, 0.25) is 0 Å². The van der Waals surface area contributed by atoms with Crippen molar-refractivity contribution in [2.75, 3.05) is 0 Å². The molecule has 7 nitrogen and oxygen atoms in total. The molecule has 0 bridgehead atoms. The van der Waals surface area contributed by atoms with Crippen LogP contribution in [0, 0.1) is 21.4 Å². The fraction of sp³-hybridized carbons (Fsp3) is 0.0435. The summed E-state index contributed by atoms with van der Waals surface area (Å²) in [5.41, 5.74) is 2.60. The molecular formula is C23H14Br2N2O5. The van der Waals surface area contributed by atoms with E-state index in [1.165, 1.54) is 36.4 Å². The van der Waals surface area contributed by atoms with Crippen LogP contribution in [0.2, 0.25) is 0 Å². The molecule has 0 aromatic heterocycles. The summed E-state index contributed by atoms with van der Waals surface area (Å²) in [6.45, 7) is 0.235. The maximum Gasteiger partial charge on any atom is 0.335 e. The zero-order valence-electron chi connectivity index (χ0n) is 16.3. The fourth-order valence-electron chi connectivity index (χ4n) is 2.81. The number of carboxylic acid groups (broad SMARTS) is 1. The topological polar surface area (TPSA) is 113 Å². The number of hydrogen-bond donors (Lipinski definition) is 1. The van der Waals surface area contributed by atoms with E-state index in [1.807, 2.05) is 0 Å². The minimum Gasteiger partial charge on any atom is -0.487 e. The summed E-state index contributed by atoms with van der Waals surface area (Å²) in [6.07, 6.45) is 1.67. The Morgan fingerprint density at radius 2 is 1.62 bits per heavy atom. The predicted molar refractivity (Wildman–Crippen MR) is 126 cm³/mol. The number of non-ortho nitro benzene ring substituents is 1. The van der Waals surface area contributed by atoms with Crippen molar-refractivity contribution < 1.29 is 19.6 Å². The van der Waals surface area contributed by atoms with E-state index in [-0.39, 0.29) is 17.9 Å². The summed E-state index contributed by atoms with van der Waals surface area (Å²) in [6, 6.07) is 17.9. The smallest absolute Gasteiger partial charge is 0.335 e. The quantitative estimate of drug-likeness (QED) is 0.154. The van der Waals surface area contributed by atoms with Gasteiger partial charge in [-0.2, -0.15) is 5.26 Å². The van der Waals surface area contributed by atoms with E-state index in [0.29, 0.717) is 25.8 Å². The number of nitro groups is 1. The molecule has 3 aromatic rings. The summed E-state index contributed by atoms with van der Waals surface area (Å²) in [7, 11) is 0. The zero-order valence-corrected chi connectivity index (χ0v) is 19.5. The number of halogens is 2. The molecule has 32 heavy (non-hydrogen) atoms. The molecule has 0 saturated heterocycles. The SMILES string of the molecule is N#C/C(=C\c1cc(Br)c(OCc2ccc(C(=O)O)cc2)c(Br)c1)c1ccc([N+](=O)[O-])cc1. The Bertz CT molecular complexity index is 1220. The van der Waals surface area contributed by atoms with Crippen LogP contribution in [-0.4, -0.2) is 16.0 Å². The van der Waals surface area contributed by atoms with Crippen LogP contribution in [0.15, 0.2) is 69.6 Å². The van der Waals surface area contributed by atoms with Crippen LogP contribution in [0.5, 0.6) is 5.75 Å². The van der Waals surface area contributed by atoms with Crippen LogP contribution < -0.4 is 4.74 Å². The fourth-order valence-corrected chi connectivity index (χ4v) is 4.26. The molecule has 3 rings (SSSR count). The number of ether oxygens (including phenoxy) is 1. The lowest BCUT2D eigenvalue weighted by atomic mass is 10.0. The van der Waals surface area contributed by atoms with Crippen molar-refractivity contribution in [3.63, 3.8) is 0 Å². The number of allylic oxidation sites excluding steroid dienone is 1. The average molecular weight is 558 g/mol. The summed E-state index contributed by atoms with van der Waals surface area (Å²) in [5, 5.41) is 29.3. The summed E-state index contributed by atoms with van der Waals surface area (Å²) in [5.74, 6) is -0.435. The Balaban J connectivity index is 1.80. The van der Waals surface area contributed by atoms with Gasteiger partial charge in [-0.25, -0.2) is 4.79 Å². The Morgan fingerprint density at radius 1 is 1.06 bits per heavy atom. The highest BCUT2D eigenvalue weighted by molar-refractivity contribution is 9.11. The second-order valence-electron chi connectivity index (χ2n) is 6.58. The Morgan fingerprint density at radius 3 is 2.12 bits per heavy atom. The second kappa shape index (κ2) is 10.2. The first-order valence-electron chi connectivity index (χ1n) is 9.09. The zero-order chi connectivity index (χ0) is 23.3. The van der Waals surface area contributed by atoms with Crippen molar-refractivity contribution in [1.82, 2.24) is 0 Å². The van der Waals surface area contributed by atoms with Gasteiger partial charge in [-0.3, -0.25) is 10.1 Å². The van der Waals surface area contributed by atoms with E-state index < -0.39 is 10.9 Å². The second-order valence-corrected chi connectivity index (χ2v) is 8.29. The van der Waals surface area contributed by atoms with E-state index in [4.69, 9.17) is 9.84 Å². The van der Waals surface area contributed by atoms with Crippen molar-refractivity contribution in [3.05, 3.63) is 102 Å². The number of nitro benzene ring substituents is 1. The normalized spacial score (nSPS) is 11.0. The molecule has 3 aromatic carbocycles. The highest BCUT2D eigenvalue weighted by Gasteiger charge is 2.11. The van der Waals surface area contributed by atoms with Gasteiger partial charge in [0.15, 0.2) is 0 Å². The van der Waals surface area contributed by atoms with Crippen molar-refractivity contribution in [1.29, 1.82) is 5.26 Å². The van der Waals surface area contributed by atoms with Crippen LogP contribution in [0.25, 0.3) is 11.6 Å². The highest BCUT2D eigenvalue weighted by atomic mass is 79.9. The lowest BCUT2D eigenvalue weighted by molar-refractivity contribution is -0.384. The van der Waals surface area contributed by atoms with Crippen molar-refractivity contribution in [2.24, 2.45) is 0 Å². The average Bonchev–Trinajstić information content (AvgIpc) is 2.77. The van der Waals surface area contributed by atoms with E-state index in [1.54, 1.807) is 30.3 Å². The summed E-state index contributed by atoms with van der Waals surface area (Å²) in [4.78, 5) is 21.3. The van der Waals surface area contributed by atoms with Crippen molar-refractivity contribution in [2.45, 2.75) is 6.61 Å². The molecule has 0 aliphatic heterocycles. The molecule has 0 aliphatic carbocycles. The van der Waals surface area contributed by atoms with Gasteiger partial charge in [-0.05, 0) is 91.0 Å². The lowest BCUT2D eigenvalue weighted by Gasteiger charge is -2.12. The molecular weight excluding hydrogens is 544 g/mol. The Hall–Kier alpha value is -3.48. The third-order valence-corrected chi connectivity index (χ3v) is 5.60. The number of carbonyl (C=O) groups is 1. The molecule has 0 aliphatic rings. The third kappa shape index (κ3) is 5.60. The molecule has 0 saturated carbocycles. The summed E-state index contributed by atoms with van der Waals surface area (Å²) < 4.78 is 7.18. The molecule has 0 spiro atoms. The van der Waals surface area contributed by atoms with Crippen molar-refractivity contribution in [3.8, 4) is 11.8 Å². The molecule has 0 atom stereocenters. The van der Waals surface area contributed by atoms with Crippen LogP contribution in [-0.2, 0) is 6.61 Å². The molecule has 0 unspecified atom stereocenters. The Kier molecular flexibility index (Phi) is 7.41.